The molecule has 1 N–H and O–H groups in total. The van der Waals surface area contributed by atoms with Crippen molar-refractivity contribution in [3.63, 3.8) is 0 Å². The first-order valence-electron chi connectivity index (χ1n) is 5.68. The molecule has 2 rings (SSSR count). The molecule has 19 heavy (non-hydrogen) atoms. The van der Waals surface area contributed by atoms with Crippen molar-refractivity contribution in [2.75, 3.05) is 5.32 Å². The highest BCUT2D eigenvalue weighted by Crippen LogP contribution is 2.20. The van der Waals surface area contributed by atoms with Gasteiger partial charge in [-0.25, -0.2) is 4.98 Å². The Hall–Kier alpha value is -0.950. The van der Waals surface area contributed by atoms with Crippen LogP contribution in [0.5, 0.6) is 0 Å². The van der Waals surface area contributed by atoms with Gasteiger partial charge in [0.1, 0.15) is 4.60 Å². The minimum Gasteiger partial charge on any atom is -0.320 e. The number of rotatable bonds is 2. The van der Waals surface area contributed by atoms with E-state index >= 15 is 0 Å². The Balaban J connectivity index is 2.28. The molecule has 0 spiro atoms. The van der Waals surface area contributed by atoms with E-state index in [4.69, 9.17) is 0 Å². The summed E-state index contributed by atoms with van der Waals surface area (Å²) in [6, 6.07) is 9.35. The van der Waals surface area contributed by atoms with Gasteiger partial charge in [-0.05, 0) is 76.1 Å². The zero-order chi connectivity index (χ0) is 14.0. The molecule has 1 aromatic heterocycles. The van der Waals surface area contributed by atoms with Crippen molar-refractivity contribution in [1.82, 2.24) is 4.98 Å². The summed E-state index contributed by atoms with van der Waals surface area (Å²) >= 11 is 5.50. The number of aryl methyl sites for hydroxylation is 2. The molecule has 3 nitrogen and oxygen atoms in total. The maximum atomic E-state index is 12.3. The highest BCUT2D eigenvalue weighted by atomic mass is 127. The van der Waals surface area contributed by atoms with Crippen LogP contribution in [-0.2, 0) is 0 Å². The predicted molar refractivity (Wildman–Crippen MR) is 88.5 cm³/mol. The van der Waals surface area contributed by atoms with Gasteiger partial charge in [-0.3, -0.25) is 4.79 Å². The monoisotopic (exact) mass is 430 g/mol. The van der Waals surface area contributed by atoms with Crippen LogP contribution in [-0.4, -0.2) is 10.9 Å². The van der Waals surface area contributed by atoms with E-state index in [-0.39, 0.29) is 5.91 Å². The number of pyridine rings is 1. The third-order valence-corrected chi connectivity index (χ3v) is 4.61. The molecule has 0 atom stereocenters. The maximum Gasteiger partial charge on any atom is 0.256 e. The number of benzene rings is 1. The second kappa shape index (κ2) is 6.00. The molecule has 0 saturated carbocycles. The van der Waals surface area contributed by atoms with Crippen LogP contribution < -0.4 is 5.32 Å². The number of nitrogens with zero attached hydrogens (tertiary/aromatic N) is 1. The van der Waals surface area contributed by atoms with E-state index in [2.05, 4.69) is 48.8 Å². The molecule has 0 aliphatic heterocycles. The number of hydrogen-bond donors (Lipinski definition) is 1. The minimum absolute atomic E-state index is 0.111. The van der Waals surface area contributed by atoms with Crippen LogP contribution >= 0.6 is 38.5 Å². The van der Waals surface area contributed by atoms with Crippen molar-refractivity contribution in [1.29, 1.82) is 0 Å². The van der Waals surface area contributed by atoms with Crippen molar-refractivity contribution in [2.24, 2.45) is 0 Å². The minimum atomic E-state index is -0.111. The van der Waals surface area contributed by atoms with Crippen molar-refractivity contribution in [3.8, 4) is 0 Å². The molecule has 0 saturated heterocycles. The van der Waals surface area contributed by atoms with Crippen molar-refractivity contribution < 1.29 is 4.79 Å². The van der Waals surface area contributed by atoms with Crippen LogP contribution in [0.1, 0.15) is 21.6 Å². The number of amides is 1. The zero-order valence-electron chi connectivity index (χ0n) is 10.5. The number of anilines is 1. The van der Waals surface area contributed by atoms with Crippen LogP contribution in [0.2, 0.25) is 0 Å². The Morgan fingerprint density at radius 2 is 2.00 bits per heavy atom. The normalized spacial score (nSPS) is 10.3. The van der Waals surface area contributed by atoms with Crippen LogP contribution in [0.3, 0.4) is 0 Å². The molecule has 1 aromatic carbocycles. The van der Waals surface area contributed by atoms with E-state index in [0.29, 0.717) is 5.56 Å². The Bertz CT molecular complexity index is 643. The van der Waals surface area contributed by atoms with Gasteiger partial charge < -0.3 is 5.32 Å². The molecule has 5 heteroatoms. The molecule has 1 amide bonds. The predicted octanol–water partition coefficient (Wildman–Crippen LogP) is 4.32. The van der Waals surface area contributed by atoms with Crippen molar-refractivity contribution in [3.05, 3.63) is 55.3 Å². The van der Waals surface area contributed by atoms with Gasteiger partial charge >= 0.3 is 0 Å². The molecular formula is C14H12BrIN2O. The van der Waals surface area contributed by atoms with Crippen molar-refractivity contribution in [2.45, 2.75) is 13.8 Å². The third kappa shape index (κ3) is 3.33. The van der Waals surface area contributed by atoms with E-state index in [1.165, 1.54) is 0 Å². The maximum absolute atomic E-state index is 12.3. The second-order valence-corrected chi connectivity index (χ2v) is 6.05. The Morgan fingerprint density at radius 3 is 2.68 bits per heavy atom. The van der Waals surface area contributed by atoms with E-state index in [9.17, 15) is 4.79 Å². The molecule has 98 valence electrons. The third-order valence-electron chi connectivity index (χ3n) is 2.74. The summed E-state index contributed by atoms with van der Waals surface area (Å²) in [6.07, 6.45) is 0. The summed E-state index contributed by atoms with van der Waals surface area (Å²) in [5.41, 5.74) is 3.29. The van der Waals surface area contributed by atoms with E-state index in [1.54, 1.807) is 0 Å². The highest BCUT2D eigenvalue weighted by molar-refractivity contribution is 14.1. The molecule has 0 unspecified atom stereocenters. The Morgan fingerprint density at radius 1 is 1.26 bits per heavy atom. The Kier molecular flexibility index (Phi) is 4.57. The summed E-state index contributed by atoms with van der Waals surface area (Å²) in [5.74, 6) is -0.111. The van der Waals surface area contributed by atoms with Crippen molar-refractivity contribution >= 4 is 50.1 Å². The van der Waals surface area contributed by atoms with Crippen LogP contribution in [0.15, 0.2) is 34.9 Å². The van der Waals surface area contributed by atoms with E-state index in [1.807, 2.05) is 44.2 Å². The summed E-state index contributed by atoms with van der Waals surface area (Å²) in [6.45, 7) is 3.85. The lowest BCUT2D eigenvalue weighted by Gasteiger charge is -2.10. The molecule has 0 aliphatic carbocycles. The van der Waals surface area contributed by atoms with E-state index in [0.717, 1.165) is 25.1 Å². The van der Waals surface area contributed by atoms with Crippen LogP contribution in [0, 0.1) is 17.4 Å². The summed E-state index contributed by atoms with van der Waals surface area (Å²) in [4.78, 5) is 16.5. The summed E-state index contributed by atoms with van der Waals surface area (Å²) in [5, 5.41) is 2.89. The second-order valence-electron chi connectivity index (χ2n) is 4.16. The number of hydrogen-bond acceptors (Lipinski definition) is 2. The number of carbonyl (C=O) groups excluding carboxylic acids is 1. The largest absolute Gasteiger partial charge is 0.320 e. The molecule has 1 heterocycles. The van der Waals surface area contributed by atoms with Crippen LogP contribution in [0.25, 0.3) is 0 Å². The van der Waals surface area contributed by atoms with Gasteiger partial charge in [0, 0.05) is 3.57 Å². The van der Waals surface area contributed by atoms with Gasteiger partial charge in [-0.1, -0.05) is 12.1 Å². The Labute approximate surface area is 134 Å². The first-order chi connectivity index (χ1) is 8.99. The standard InChI is InChI=1S/C14H12BrIN2O/c1-8-4-3-5-10(13(8)16)14(19)18-11-6-7-12(15)17-9(11)2/h3-7H,1-2H3,(H,18,19). The number of carbonyl (C=O) groups is 1. The quantitative estimate of drug-likeness (QED) is 0.569. The molecule has 0 radical (unpaired) electrons. The van der Waals surface area contributed by atoms with Gasteiger partial charge in [0.15, 0.2) is 0 Å². The fourth-order valence-electron chi connectivity index (χ4n) is 1.67. The number of aromatic nitrogens is 1. The molecule has 0 fully saturated rings. The fourth-order valence-corrected chi connectivity index (χ4v) is 2.68. The molecular weight excluding hydrogens is 419 g/mol. The summed E-state index contributed by atoms with van der Waals surface area (Å²) in [7, 11) is 0. The van der Waals surface area contributed by atoms with Gasteiger partial charge in [-0.2, -0.15) is 0 Å². The first kappa shape index (κ1) is 14.5. The lowest BCUT2D eigenvalue weighted by atomic mass is 10.1. The average molecular weight is 431 g/mol. The topological polar surface area (TPSA) is 42.0 Å². The smallest absolute Gasteiger partial charge is 0.256 e. The zero-order valence-corrected chi connectivity index (χ0v) is 14.2. The van der Waals surface area contributed by atoms with Gasteiger partial charge in [0.25, 0.3) is 5.91 Å². The SMILES string of the molecule is Cc1cccc(C(=O)Nc2ccc(Br)nc2C)c1I. The number of nitrogens with one attached hydrogen (secondary N) is 1. The van der Waals surface area contributed by atoms with Crippen LogP contribution in [0.4, 0.5) is 5.69 Å². The molecule has 0 aliphatic rings. The first-order valence-corrected chi connectivity index (χ1v) is 7.56. The fraction of sp³-hybridized carbons (Fsp3) is 0.143. The highest BCUT2D eigenvalue weighted by Gasteiger charge is 2.12. The molecule has 2 aromatic rings. The van der Waals surface area contributed by atoms with Gasteiger partial charge in [-0.15, -0.1) is 0 Å². The lowest BCUT2D eigenvalue weighted by Crippen LogP contribution is -2.15. The van der Waals surface area contributed by atoms with Gasteiger partial charge in [0.05, 0.1) is 16.9 Å². The van der Waals surface area contributed by atoms with E-state index < -0.39 is 0 Å². The molecule has 0 bridgehead atoms. The lowest BCUT2D eigenvalue weighted by molar-refractivity contribution is 0.102. The number of halogens is 2. The van der Waals surface area contributed by atoms with Gasteiger partial charge in [0.2, 0.25) is 0 Å². The average Bonchev–Trinajstić information content (AvgIpc) is 2.36. The summed E-state index contributed by atoms with van der Waals surface area (Å²) < 4.78 is 1.73.